The summed E-state index contributed by atoms with van der Waals surface area (Å²) in [6.45, 7) is 13.2. The van der Waals surface area contributed by atoms with Gasteiger partial charge in [0.25, 0.3) is 0 Å². The van der Waals surface area contributed by atoms with Crippen LogP contribution in [0.25, 0.3) is 0 Å². The lowest BCUT2D eigenvalue weighted by molar-refractivity contribution is -0.108. The highest BCUT2D eigenvalue weighted by Gasteiger charge is 2.36. The highest BCUT2D eigenvalue weighted by molar-refractivity contribution is 4.91. The number of ether oxygens (including phenoxy) is 2. The molecule has 1 aliphatic carbocycles. The van der Waals surface area contributed by atoms with Crippen LogP contribution in [0.3, 0.4) is 0 Å². The van der Waals surface area contributed by atoms with Crippen LogP contribution in [0.1, 0.15) is 60.3 Å². The maximum atomic E-state index is 6.31. The molecule has 1 N–H and O–H groups in total. The van der Waals surface area contributed by atoms with Crippen LogP contribution < -0.4 is 5.32 Å². The van der Waals surface area contributed by atoms with E-state index in [0.29, 0.717) is 6.61 Å². The Balaban J connectivity index is 2.47. The molecule has 0 bridgehead atoms. The highest BCUT2D eigenvalue weighted by atomic mass is 16.5. The maximum Gasteiger partial charge on any atom is 0.0811 e. The summed E-state index contributed by atoms with van der Waals surface area (Å²) in [4.78, 5) is 0. The number of hydrogen-bond donors (Lipinski definition) is 1. The fourth-order valence-corrected chi connectivity index (χ4v) is 2.53. The van der Waals surface area contributed by atoms with Crippen LogP contribution in [0.15, 0.2) is 0 Å². The molecule has 108 valence electrons. The van der Waals surface area contributed by atoms with Crippen molar-refractivity contribution >= 4 is 0 Å². The Hall–Kier alpha value is -0.120. The van der Waals surface area contributed by atoms with Crippen LogP contribution in [0, 0.1) is 0 Å². The quantitative estimate of drug-likeness (QED) is 0.760. The zero-order chi connectivity index (χ0) is 13.6. The smallest absolute Gasteiger partial charge is 0.0811 e. The summed E-state index contributed by atoms with van der Waals surface area (Å²) in [5.41, 5.74) is 0.186. The summed E-state index contributed by atoms with van der Waals surface area (Å²) in [6, 6.07) is 0. The molecule has 1 rings (SSSR count). The molecule has 0 saturated heterocycles. The first kappa shape index (κ1) is 15.9. The Bertz CT molecular complexity index is 229. The molecule has 18 heavy (non-hydrogen) atoms. The van der Waals surface area contributed by atoms with Gasteiger partial charge in [-0.3, -0.25) is 0 Å². The molecule has 0 radical (unpaired) electrons. The minimum atomic E-state index is 0.0315. The van der Waals surface area contributed by atoms with E-state index in [2.05, 4.69) is 33.0 Å². The van der Waals surface area contributed by atoms with Gasteiger partial charge in [0.05, 0.1) is 18.3 Å². The van der Waals surface area contributed by atoms with Crippen molar-refractivity contribution in [1.29, 1.82) is 0 Å². The van der Waals surface area contributed by atoms with Gasteiger partial charge in [-0.2, -0.15) is 0 Å². The molecule has 0 aliphatic heterocycles. The van der Waals surface area contributed by atoms with Crippen molar-refractivity contribution in [3.05, 3.63) is 0 Å². The van der Waals surface area contributed by atoms with E-state index >= 15 is 0 Å². The fraction of sp³-hybridized carbons (Fsp3) is 1.00. The van der Waals surface area contributed by atoms with Crippen LogP contribution in [0.5, 0.6) is 0 Å². The lowest BCUT2D eigenvalue weighted by Crippen LogP contribution is -2.49. The largest absolute Gasteiger partial charge is 0.379 e. The van der Waals surface area contributed by atoms with Gasteiger partial charge in [0, 0.05) is 18.7 Å². The Morgan fingerprint density at radius 2 is 1.83 bits per heavy atom. The third-order valence-electron chi connectivity index (χ3n) is 3.46. The van der Waals surface area contributed by atoms with E-state index in [-0.39, 0.29) is 17.2 Å². The van der Waals surface area contributed by atoms with Crippen molar-refractivity contribution in [1.82, 2.24) is 5.32 Å². The van der Waals surface area contributed by atoms with Crippen LogP contribution in [-0.4, -0.2) is 37.0 Å². The van der Waals surface area contributed by atoms with Crippen molar-refractivity contribution in [2.75, 3.05) is 19.8 Å². The fourth-order valence-electron chi connectivity index (χ4n) is 2.53. The van der Waals surface area contributed by atoms with E-state index in [9.17, 15) is 0 Å². The second kappa shape index (κ2) is 6.88. The SMILES string of the molecule is CCOCC(C)OC1(CNC(C)(C)C)CCCC1. The molecule has 1 unspecified atom stereocenters. The zero-order valence-electron chi connectivity index (χ0n) is 12.8. The Morgan fingerprint density at radius 3 is 2.33 bits per heavy atom. The predicted molar refractivity (Wildman–Crippen MR) is 76.0 cm³/mol. The zero-order valence-corrected chi connectivity index (χ0v) is 12.8. The average Bonchev–Trinajstić information content (AvgIpc) is 2.72. The van der Waals surface area contributed by atoms with Crippen LogP contribution in [0.2, 0.25) is 0 Å². The summed E-state index contributed by atoms with van der Waals surface area (Å²) in [5.74, 6) is 0. The Kier molecular flexibility index (Phi) is 6.09. The van der Waals surface area contributed by atoms with E-state index in [0.717, 1.165) is 13.2 Å². The van der Waals surface area contributed by atoms with Gasteiger partial charge in [-0.15, -0.1) is 0 Å². The van der Waals surface area contributed by atoms with Gasteiger partial charge in [-0.25, -0.2) is 0 Å². The van der Waals surface area contributed by atoms with E-state index in [1.54, 1.807) is 0 Å². The first-order valence-corrected chi connectivity index (χ1v) is 7.37. The molecule has 0 aromatic heterocycles. The first-order valence-electron chi connectivity index (χ1n) is 7.37. The molecular weight excluding hydrogens is 226 g/mol. The van der Waals surface area contributed by atoms with Gasteiger partial charge in [0.2, 0.25) is 0 Å². The lowest BCUT2D eigenvalue weighted by Gasteiger charge is -2.35. The molecule has 0 aromatic rings. The summed E-state index contributed by atoms with van der Waals surface area (Å²) in [5, 5.41) is 3.60. The molecule has 1 aliphatic rings. The monoisotopic (exact) mass is 257 g/mol. The van der Waals surface area contributed by atoms with Crippen molar-refractivity contribution in [2.45, 2.75) is 77.5 Å². The third kappa shape index (κ3) is 5.68. The van der Waals surface area contributed by atoms with Gasteiger partial charge < -0.3 is 14.8 Å². The van der Waals surface area contributed by atoms with E-state index in [4.69, 9.17) is 9.47 Å². The van der Waals surface area contributed by atoms with Crippen LogP contribution in [0.4, 0.5) is 0 Å². The standard InChI is InChI=1S/C15H31NO2/c1-6-17-11-13(2)18-15(9-7-8-10-15)12-16-14(3,4)5/h13,16H,6-12H2,1-5H3. The summed E-state index contributed by atoms with van der Waals surface area (Å²) >= 11 is 0. The van der Waals surface area contributed by atoms with E-state index < -0.39 is 0 Å². The summed E-state index contributed by atoms with van der Waals surface area (Å²) in [7, 11) is 0. The number of rotatable bonds is 7. The Labute approximate surface area is 113 Å². The summed E-state index contributed by atoms with van der Waals surface area (Å²) < 4.78 is 11.8. The number of nitrogens with one attached hydrogen (secondary N) is 1. The minimum absolute atomic E-state index is 0.0315. The lowest BCUT2D eigenvalue weighted by atomic mass is 9.99. The van der Waals surface area contributed by atoms with Gasteiger partial charge in [0.15, 0.2) is 0 Å². The van der Waals surface area contributed by atoms with Gasteiger partial charge in [-0.1, -0.05) is 12.8 Å². The average molecular weight is 257 g/mol. The molecule has 0 amide bonds. The maximum absolute atomic E-state index is 6.31. The molecule has 3 heteroatoms. The van der Waals surface area contributed by atoms with Crippen molar-refractivity contribution in [3.8, 4) is 0 Å². The van der Waals surface area contributed by atoms with Crippen LogP contribution >= 0.6 is 0 Å². The number of hydrogen-bond acceptors (Lipinski definition) is 3. The molecule has 0 spiro atoms. The minimum Gasteiger partial charge on any atom is -0.379 e. The molecule has 1 atom stereocenters. The van der Waals surface area contributed by atoms with Gasteiger partial charge in [-0.05, 0) is 47.5 Å². The van der Waals surface area contributed by atoms with Crippen molar-refractivity contribution in [3.63, 3.8) is 0 Å². The molecule has 0 aromatic carbocycles. The van der Waals surface area contributed by atoms with Crippen molar-refractivity contribution in [2.24, 2.45) is 0 Å². The highest BCUT2D eigenvalue weighted by Crippen LogP contribution is 2.34. The normalized spacial score (nSPS) is 21.2. The molecular formula is C15H31NO2. The third-order valence-corrected chi connectivity index (χ3v) is 3.46. The van der Waals surface area contributed by atoms with E-state index in [1.165, 1.54) is 25.7 Å². The van der Waals surface area contributed by atoms with Crippen molar-refractivity contribution < 1.29 is 9.47 Å². The van der Waals surface area contributed by atoms with Gasteiger partial charge in [0.1, 0.15) is 0 Å². The Morgan fingerprint density at radius 1 is 1.22 bits per heavy atom. The second-order valence-corrected chi connectivity index (χ2v) is 6.58. The molecule has 1 fully saturated rings. The molecule has 3 nitrogen and oxygen atoms in total. The second-order valence-electron chi connectivity index (χ2n) is 6.58. The topological polar surface area (TPSA) is 30.5 Å². The summed E-state index contributed by atoms with van der Waals surface area (Å²) in [6.07, 6.45) is 5.10. The predicted octanol–water partition coefficient (Wildman–Crippen LogP) is 3.13. The van der Waals surface area contributed by atoms with Crippen LogP contribution in [-0.2, 0) is 9.47 Å². The molecule has 1 saturated carbocycles. The van der Waals surface area contributed by atoms with Gasteiger partial charge >= 0.3 is 0 Å². The first-order chi connectivity index (χ1) is 8.37. The molecule has 0 heterocycles. The van der Waals surface area contributed by atoms with E-state index in [1.807, 2.05) is 6.92 Å².